The number of hydrogen-bond acceptors (Lipinski definition) is 3. The second-order valence-electron chi connectivity index (χ2n) is 4.06. The van der Waals surface area contributed by atoms with E-state index in [2.05, 4.69) is 44.1 Å². The van der Waals surface area contributed by atoms with E-state index in [4.69, 9.17) is 0 Å². The molecule has 0 aliphatic carbocycles. The number of nitrogens with one attached hydrogen (secondary N) is 1. The van der Waals surface area contributed by atoms with Crippen LogP contribution >= 0.6 is 28.3 Å². The molecule has 1 unspecified atom stereocenters. The Hall–Kier alpha value is -0.160. The predicted octanol–water partition coefficient (Wildman–Crippen LogP) is 2.06. The van der Waals surface area contributed by atoms with Crippen LogP contribution in [0.4, 0.5) is 0 Å². The third-order valence-electron chi connectivity index (χ3n) is 2.63. The van der Waals surface area contributed by atoms with Crippen molar-refractivity contribution < 1.29 is 0 Å². The first-order valence-corrected chi connectivity index (χ1v) is 6.09. The Morgan fingerprint density at radius 1 is 1.56 bits per heavy atom. The number of nitrogens with zero attached hydrogens (tertiary/aromatic N) is 2. The maximum Gasteiger partial charge on any atom is 0.0544 e. The summed E-state index contributed by atoms with van der Waals surface area (Å²) in [7, 11) is 0. The van der Waals surface area contributed by atoms with Gasteiger partial charge in [-0.3, -0.25) is 9.88 Å². The summed E-state index contributed by atoms with van der Waals surface area (Å²) in [4.78, 5) is 6.83. The van der Waals surface area contributed by atoms with Crippen molar-refractivity contribution in [3.63, 3.8) is 0 Å². The molecule has 0 aromatic carbocycles. The van der Waals surface area contributed by atoms with Crippen LogP contribution in [-0.4, -0.2) is 35.6 Å². The molecule has 16 heavy (non-hydrogen) atoms. The quantitative estimate of drug-likeness (QED) is 0.906. The van der Waals surface area contributed by atoms with Gasteiger partial charge in [-0.1, -0.05) is 0 Å². The average molecular weight is 307 g/mol. The van der Waals surface area contributed by atoms with E-state index in [9.17, 15) is 0 Å². The molecule has 1 aliphatic heterocycles. The van der Waals surface area contributed by atoms with Crippen molar-refractivity contribution in [2.45, 2.75) is 19.5 Å². The topological polar surface area (TPSA) is 28.2 Å². The maximum absolute atomic E-state index is 4.39. The van der Waals surface area contributed by atoms with Crippen LogP contribution in [0.5, 0.6) is 0 Å². The number of hydrogen-bond donors (Lipinski definition) is 1. The standard InChI is InChI=1S/C11H16BrN3.ClH/c1-9-7-15(5-4-13-9)8-11-3-2-10(12)6-14-11;/h2-3,6,9,13H,4-5,7-8H2,1H3;1H. The Bertz CT molecular complexity index is 318. The second kappa shape index (κ2) is 6.55. The molecular formula is C11H17BrClN3. The number of aromatic nitrogens is 1. The van der Waals surface area contributed by atoms with Gasteiger partial charge in [0.2, 0.25) is 0 Å². The lowest BCUT2D eigenvalue weighted by atomic mass is 10.2. The Kier molecular flexibility index (Phi) is 5.69. The van der Waals surface area contributed by atoms with Crippen molar-refractivity contribution in [3.8, 4) is 0 Å². The van der Waals surface area contributed by atoms with Gasteiger partial charge in [-0.2, -0.15) is 0 Å². The summed E-state index contributed by atoms with van der Waals surface area (Å²) in [6.07, 6.45) is 1.86. The van der Waals surface area contributed by atoms with Crippen molar-refractivity contribution in [3.05, 3.63) is 28.5 Å². The monoisotopic (exact) mass is 305 g/mol. The molecule has 1 saturated heterocycles. The molecule has 1 N–H and O–H groups in total. The Morgan fingerprint density at radius 2 is 2.38 bits per heavy atom. The zero-order chi connectivity index (χ0) is 10.7. The fourth-order valence-corrected chi connectivity index (χ4v) is 2.12. The third kappa shape index (κ3) is 4.01. The lowest BCUT2D eigenvalue weighted by Crippen LogP contribution is -2.48. The smallest absolute Gasteiger partial charge is 0.0544 e. The van der Waals surface area contributed by atoms with Crippen LogP contribution in [0.1, 0.15) is 12.6 Å². The van der Waals surface area contributed by atoms with Crippen molar-refractivity contribution in [1.82, 2.24) is 15.2 Å². The molecule has 90 valence electrons. The van der Waals surface area contributed by atoms with Gasteiger partial charge < -0.3 is 5.32 Å². The van der Waals surface area contributed by atoms with Crippen LogP contribution in [0.2, 0.25) is 0 Å². The summed E-state index contributed by atoms with van der Waals surface area (Å²) in [5.41, 5.74) is 1.15. The zero-order valence-corrected chi connectivity index (χ0v) is 11.7. The molecule has 2 rings (SSSR count). The molecule has 1 fully saturated rings. The number of pyridine rings is 1. The van der Waals surface area contributed by atoms with Crippen molar-refractivity contribution in [2.75, 3.05) is 19.6 Å². The van der Waals surface area contributed by atoms with Crippen LogP contribution in [0.3, 0.4) is 0 Å². The van der Waals surface area contributed by atoms with Gasteiger partial charge in [0.15, 0.2) is 0 Å². The van der Waals surface area contributed by atoms with E-state index in [0.717, 1.165) is 36.3 Å². The van der Waals surface area contributed by atoms with Gasteiger partial charge in [-0.05, 0) is 35.0 Å². The number of halogens is 2. The normalized spacial score (nSPS) is 21.5. The Morgan fingerprint density at radius 3 is 3.00 bits per heavy atom. The number of piperazine rings is 1. The highest BCUT2D eigenvalue weighted by molar-refractivity contribution is 9.10. The molecule has 0 saturated carbocycles. The van der Waals surface area contributed by atoms with E-state index in [1.54, 1.807) is 0 Å². The van der Waals surface area contributed by atoms with E-state index < -0.39 is 0 Å². The SMILES string of the molecule is CC1CN(Cc2ccc(Br)cn2)CCN1.Cl. The van der Waals surface area contributed by atoms with Crippen LogP contribution in [0.15, 0.2) is 22.8 Å². The van der Waals surface area contributed by atoms with Crippen LogP contribution in [0.25, 0.3) is 0 Å². The summed E-state index contributed by atoms with van der Waals surface area (Å²) in [5.74, 6) is 0. The summed E-state index contributed by atoms with van der Waals surface area (Å²) in [6, 6.07) is 4.72. The Balaban J connectivity index is 0.00000128. The minimum Gasteiger partial charge on any atom is -0.312 e. The first kappa shape index (κ1) is 13.9. The zero-order valence-electron chi connectivity index (χ0n) is 9.32. The highest BCUT2D eigenvalue weighted by atomic mass is 79.9. The molecule has 3 nitrogen and oxygen atoms in total. The molecule has 0 radical (unpaired) electrons. The van der Waals surface area contributed by atoms with E-state index in [1.165, 1.54) is 0 Å². The first-order chi connectivity index (χ1) is 7.24. The minimum atomic E-state index is 0. The van der Waals surface area contributed by atoms with Gasteiger partial charge in [-0.15, -0.1) is 12.4 Å². The van der Waals surface area contributed by atoms with Gasteiger partial charge in [-0.25, -0.2) is 0 Å². The van der Waals surface area contributed by atoms with E-state index in [1.807, 2.05) is 12.3 Å². The van der Waals surface area contributed by atoms with Gasteiger partial charge >= 0.3 is 0 Å². The lowest BCUT2D eigenvalue weighted by molar-refractivity contribution is 0.197. The van der Waals surface area contributed by atoms with Gasteiger partial charge in [0.1, 0.15) is 0 Å². The summed E-state index contributed by atoms with van der Waals surface area (Å²) in [6.45, 7) is 6.48. The third-order valence-corrected chi connectivity index (χ3v) is 3.10. The summed E-state index contributed by atoms with van der Waals surface area (Å²) >= 11 is 3.39. The molecule has 1 atom stereocenters. The average Bonchev–Trinajstić information content (AvgIpc) is 2.22. The second-order valence-corrected chi connectivity index (χ2v) is 4.97. The van der Waals surface area contributed by atoms with Crippen molar-refractivity contribution in [1.29, 1.82) is 0 Å². The maximum atomic E-state index is 4.39. The van der Waals surface area contributed by atoms with Crippen LogP contribution in [0, 0.1) is 0 Å². The van der Waals surface area contributed by atoms with Crippen LogP contribution in [-0.2, 0) is 6.54 Å². The fraction of sp³-hybridized carbons (Fsp3) is 0.545. The molecule has 1 aromatic heterocycles. The molecule has 0 amide bonds. The molecule has 0 spiro atoms. The van der Waals surface area contributed by atoms with Gasteiger partial charge in [0.25, 0.3) is 0 Å². The lowest BCUT2D eigenvalue weighted by Gasteiger charge is -2.31. The first-order valence-electron chi connectivity index (χ1n) is 5.30. The molecule has 1 aromatic rings. The highest BCUT2D eigenvalue weighted by Crippen LogP contribution is 2.10. The predicted molar refractivity (Wildman–Crippen MR) is 71.9 cm³/mol. The highest BCUT2D eigenvalue weighted by Gasteiger charge is 2.15. The Labute approximate surface area is 111 Å². The minimum absolute atomic E-state index is 0. The summed E-state index contributed by atoms with van der Waals surface area (Å²) in [5, 5.41) is 3.44. The summed E-state index contributed by atoms with van der Waals surface area (Å²) < 4.78 is 1.04. The van der Waals surface area contributed by atoms with Gasteiger partial charge in [0, 0.05) is 42.9 Å². The van der Waals surface area contributed by atoms with E-state index in [-0.39, 0.29) is 12.4 Å². The molecule has 5 heteroatoms. The van der Waals surface area contributed by atoms with E-state index in [0.29, 0.717) is 6.04 Å². The van der Waals surface area contributed by atoms with Crippen molar-refractivity contribution in [2.24, 2.45) is 0 Å². The fourth-order valence-electron chi connectivity index (χ4n) is 1.88. The van der Waals surface area contributed by atoms with Crippen LogP contribution < -0.4 is 5.32 Å². The van der Waals surface area contributed by atoms with Gasteiger partial charge in [0.05, 0.1) is 5.69 Å². The molecular weight excluding hydrogens is 289 g/mol. The molecule has 0 bridgehead atoms. The van der Waals surface area contributed by atoms with E-state index >= 15 is 0 Å². The largest absolute Gasteiger partial charge is 0.312 e. The molecule has 1 aliphatic rings. The number of rotatable bonds is 2. The van der Waals surface area contributed by atoms with Crippen molar-refractivity contribution >= 4 is 28.3 Å². The molecule has 2 heterocycles.